The predicted octanol–water partition coefficient (Wildman–Crippen LogP) is 2.74. The number of fused-ring (bicyclic) bond motifs is 1. The maximum atomic E-state index is 3.69. The van der Waals surface area contributed by atoms with Gasteiger partial charge in [-0.1, -0.05) is 19.1 Å². The van der Waals surface area contributed by atoms with Crippen LogP contribution < -0.4 is 10.6 Å². The van der Waals surface area contributed by atoms with E-state index in [1.165, 1.54) is 28.3 Å². The molecule has 1 aromatic carbocycles. The van der Waals surface area contributed by atoms with Gasteiger partial charge in [0.05, 0.1) is 5.69 Å². The number of para-hydroxylation sites is 1. The average molecular weight is 236 g/mol. The fourth-order valence-corrected chi connectivity index (χ4v) is 3.21. The van der Waals surface area contributed by atoms with E-state index in [0.717, 1.165) is 13.0 Å². The van der Waals surface area contributed by atoms with Gasteiger partial charge in [-0.2, -0.15) is 0 Å². The van der Waals surface area contributed by atoms with Gasteiger partial charge >= 0.3 is 0 Å². The Bertz CT molecular complexity index is 338. The Morgan fingerprint density at radius 3 is 3.12 bits per heavy atom. The normalized spacial score (nSPS) is 19.0. The van der Waals surface area contributed by atoms with Crippen LogP contribution in [0, 0.1) is 0 Å². The number of rotatable bonds is 4. The van der Waals surface area contributed by atoms with Gasteiger partial charge in [-0.3, -0.25) is 0 Å². The summed E-state index contributed by atoms with van der Waals surface area (Å²) in [5.41, 5.74) is 2.82. The van der Waals surface area contributed by atoms with Gasteiger partial charge < -0.3 is 10.6 Å². The Labute approximate surface area is 102 Å². The first-order valence-corrected chi connectivity index (χ1v) is 6.99. The smallest absolute Gasteiger partial charge is 0.0513 e. The highest BCUT2D eigenvalue weighted by atomic mass is 32.2. The topological polar surface area (TPSA) is 24.1 Å². The second-order valence-electron chi connectivity index (χ2n) is 4.19. The number of aryl methyl sites for hydroxylation is 1. The second kappa shape index (κ2) is 5.60. The molecule has 0 saturated heterocycles. The highest BCUT2D eigenvalue weighted by Gasteiger charge is 2.19. The van der Waals surface area contributed by atoms with Gasteiger partial charge in [-0.25, -0.2) is 0 Å². The van der Waals surface area contributed by atoms with Crippen molar-refractivity contribution in [1.82, 2.24) is 5.32 Å². The fraction of sp³-hybridized carbons (Fsp3) is 0.538. The summed E-state index contributed by atoms with van der Waals surface area (Å²) < 4.78 is 0. The van der Waals surface area contributed by atoms with Crippen LogP contribution in [-0.4, -0.2) is 25.4 Å². The summed E-state index contributed by atoms with van der Waals surface area (Å²) in [6.07, 6.45) is 2.30. The van der Waals surface area contributed by atoms with Crippen molar-refractivity contribution in [3.8, 4) is 0 Å². The minimum Gasteiger partial charge on any atom is -0.380 e. The Morgan fingerprint density at radius 2 is 2.38 bits per heavy atom. The molecule has 2 nitrogen and oxygen atoms in total. The Kier molecular flexibility index (Phi) is 4.13. The molecule has 1 heterocycles. The summed E-state index contributed by atoms with van der Waals surface area (Å²) >= 11 is 1.99. The molecule has 1 aliphatic rings. The Balaban J connectivity index is 2.11. The number of anilines is 1. The van der Waals surface area contributed by atoms with Crippen molar-refractivity contribution in [3.63, 3.8) is 0 Å². The van der Waals surface area contributed by atoms with Crippen LogP contribution in [0.2, 0.25) is 0 Å². The fourth-order valence-electron chi connectivity index (χ4n) is 2.07. The molecule has 0 aliphatic carbocycles. The first-order valence-electron chi connectivity index (χ1n) is 6.01. The SMILES string of the molecule is CCc1cccc2c1NC(CCNC)CS2. The van der Waals surface area contributed by atoms with Gasteiger partial charge in [0.25, 0.3) is 0 Å². The third-order valence-corrected chi connectivity index (χ3v) is 4.24. The summed E-state index contributed by atoms with van der Waals surface area (Å²) in [5.74, 6) is 1.18. The van der Waals surface area contributed by atoms with E-state index in [2.05, 4.69) is 35.8 Å². The molecule has 1 aromatic rings. The molecule has 16 heavy (non-hydrogen) atoms. The summed E-state index contributed by atoms with van der Waals surface area (Å²) in [6, 6.07) is 7.23. The molecule has 0 saturated carbocycles. The first-order chi connectivity index (χ1) is 7.85. The highest BCUT2D eigenvalue weighted by molar-refractivity contribution is 7.99. The van der Waals surface area contributed by atoms with E-state index in [1.54, 1.807) is 0 Å². The molecule has 1 aliphatic heterocycles. The standard InChI is InChI=1S/C13H20N2S/c1-3-10-5-4-6-12-13(10)15-11(9-16-12)7-8-14-2/h4-6,11,14-15H,3,7-9H2,1-2H3. The zero-order valence-electron chi connectivity index (χ0n) is 10.0. The van der Waals surface area contributed by atoms with Crippen LogP contribution in [0.15, 0.2) is 23.1 Å². The van der Waals surface area contributed by atoms with Gasteiger partial charge in [-0.05, 0) is 38.1 Å². The third kappa shape index (κ3) is 2.53. The molecule has 0 amide bonds. The van der Waals surface area contributed by atoms with Crippen molar-refractivity contribution in [2.75, 3.05) is 24.7 Å². The zero-order valence-corrected chi connectivity index (χ0v) is 10.9. The van der Waals surface area contributed by atoms with E-state index in [0.29, 0.717) is 6.04 Å². The van der Waals surface area contributed by atoms with Crippen molar-refractivity contribution in [2.45, 2.75) is 30.7 Å². The molecule has 0 spiro atoms. The average Bonchev–Trinajstić information content (AvgIpc) is 2.35. The molecule has 0 aromatic heterocycles. The molecule has 0 bridgehead atoms. The van der Waals surface area contributed by atoms with Crippen molar-refractivity contribution >= 4 is 17.4 Å². The lowest BCUT2D eigenvalue weighted by atomic mass is 10.1. The summed E-state index contributed by atoms with van der Waals surface area (Å²) in [7, 11) is 2.02. The maximum absolute atomic E-state index is 3.69. The van der Waals surface area contributed by atoms with Crippen LogP contribution in [-0.2, 0) is 6.42 Å². The number of hydrogen-bond donors (Lipinski definition) is 2. The molecular weight excluding hydrogens is 216 g/mol. The number of hydrogen-bond acceptors (Lipinski definition) is 3. The van der Waals surface area contributed by atoms with E-state index in [4.69, 9.17) is 0 Å². The zero-order chi connectivity index (χ0) is 11.4. The Morgan fingerprint density at radius 1 is 1.50 bits per heavy atom. The molecular formula is C13H20N2S. The van der Waals surface area contributed by atoms with Gasteiger partial charge in [-0.15, -0.1) is 11.8 Å². The third-order valence-electron chi connectivity index (χ3n) is 3.02. The van der Waals surface area contributed by atoms with Gasteiger partial charge in [0.1, 0.15) is 0 Å². The van der Waals surface area contributed by atoms with Crippen molar-refractivity contribution in [3.05, 3.63) is 23.8 Å². The van der Waals surface area contributed by atoms with E-state index in [9.17, 15) is 0 Å². The summed E-state index contributed by atoms with van der Waals surface area (Å²) in [6.45, 7) is 3.31. The number of thioether (sulfide) groups is 1. The first kappa shape index (κ1) is 11.8. The number of benzene rings is 1. The monoisotopic (exact) mass is 236 g/mol. The second-order valence-corrected chi connectivity index (χ2v) is 5.25. The predicted molar refractivity (Wildman–Crippen MR) is 72.5 cm³/mol. The molecule has 0 radical (unpaired) electrons. The van der Waals surface area contributed by atoms with Crippen molar-refractivity contribution in [2.24, 2.45) is 0 Å². The minimum atomic E-state index is 0.609. The van der Waals surface area contributed by atoms with Gasteiger partial charge in [0.2, 0.25) is 0 Å². The molecule has 1 atom stereocenters. The molecule has 2 rings (SSSR count). The van der Waals surface area contributed by atoms with Crippen molar-refractivity contribution in [1.29, 1.82) is 0 Å². The van der Waals surface area contributed by atoms with Crippen LogP contribution >= 0.6 is 11.8 Å². The van der Waals surface area contributed by atoms with E-state index in [1.807, 2.05) is 18.8 Å². The van der Waals surface area contributed by atoms with Crippen LogP contribution in [0.25, 0.3) is 0 Å². The van der Waals surface area contributed by atoms with Gasteiger partial charge in [0, 0.05) is 16.7 Å². The Hall–Kier alpha value is -0.670. The van der Waals surface area contributed by atoms with Crippen LogP contribution in [0.1, 0.15) is 18.9 Å². The van der Waals surface area contributed by atoms with E-state index < -0.39 is 0 Å². The largest absolute Gasteiger partial charge is 0.380 e. The van der Waals surface area contributed by atoms with Crippen LogP contribution in [0.5, 0.6) is 0 Å². The molecule has 88 valence electrons. The molecule has 3 heteroatoms. The quantitative estimate of drug-likeness (QED) is 0.840. The lowest BCUT2D eigenvalue weighted by Crippen LogP contribution is -2.29. The maximum Gasteiger partial charge on any atom is 0.0513 e. The van der Waals surface area contributed by atoms with E-state index >= 15 is 0 Å². The minimum absolute atomic E-state index is 0.609. The molecule has 0 fully saturated rings. The van der Waals surface area contributed by atoms with E-state index in [-0.39, 0.29) is 0 Å². The molecule has 2 N–H and O–H groups in total. The summed E-state index contributed by atoms with van der Waals surface area (Å²) in [4.78, 5) is 1.42. The number of nitrogens with one attached hydrogen (secondary N) is 2. The summed E-state index contributed by atoms with van der Waals surface area (Å²) in [5, 5.41) is 6.91. The van der Waals surface area contributed by atoms with Crippen molar-refractivity contribution < 1.29 is 0 Å². The highest BCUT2D eigenvalue weighted by Crippen LogP contribution is 2.36. The van der Waals surface area contributed by atoms with Gasteiger partial charge in [0.15, 0.2) is 0 Å². The molecule has 1 unspecified atom stereocenters. The van der Waals surface area contributed by atoms with Crippen LogP contribution in [0.4, 0.5) is 5.69 Å². The van der Waals surface area contributed by atoms with Crippen LogP contribution in [0.3, 0.4) is 0 Å². The lowest BCUT2D eigenvalue weighted by Gasteiger charge is -2.28. The lowest BCUT2D eigenvalue weighted by molar-refractivity contribution is 0.657.